The molecule has 0 heterocycles. The molecule has 1 atom stereocenters. The summed E-state index contributed by atoms with van der Waals surface area (Å²) < 4.78 is 0. The van der Waals surface area contributed by atoms with Crippen molar-refractivity contribution >= 4 is 0 Å². The van der Waals surface area contributed by atoms with Crippen LogP contribution >= 0.6 is 0 Å². The van der Waals surface area contributed by atoms with E-state index in [0.29, 0.717) is 0 Å². The Hall–Kier alpha value is -0.120. The molecule has 3 heteroatoms. The zero-order valence-corrected chi connectivity index (χ0v) is 15.0. The minimum atomic E-state index is -0.340. The molecule has 0 aliphatic heterocycles. The second-order valence-electron chi connectivity index (χ2n) is 6.58. The third kappa shape index (κ3) is 17.9. The Morgan fingerprint density at radius 2 is 1.18 bits per heavy atom. The average molecular weight is 316 g/mol. The van der Waals surface area contributed by atoms with Crippen molar-refractivity contribution in [1.29, 1.82) is 0 Å². The van der Waals surface area contributed by atoms with Gasteiger partial charge in [0.15, 0.2) is 0 Å². The highest BCUT2D eigenvalue weighted by molar-refractivity contribution is 4.55. The van der Waals surface area contributed by atoms with Crippen LogP contribution in [0.25, 0.3) is 0 Å². The zero-order chi connectivity index (χ0) is 16.3. The summed E-state index contributed by atoms with van der Waals surface area (Å²) in [4.78, 5) is 0. The van der Waals surface area contributed by atoms with Crippen LogP contribution < -0.4 is 5.32 Å². The van der Waals surface area contributed by atoms with Crippen LogP contribution in [0.2, 0.25) is 0 Å². The number of hydrogen-bond acceptors (Lipinski definition) is 3. The van der Waals surface area contributed by atoms with Crippen molar-refractivity contribution in [2.24, 2.45) is 0 Å². The van der Waals surface area contributed by atoms with Gasteiger partial charge in [0.2, 0.25) is 0 Å². The summed E-state index contributed by atoms with van der Waals surface area (Å²) in [6.07, 6.45) is 18.3. The average Bonchev–Trinajstić information content (AvgIpc) is 2.52. The molecular weight excluding hydrogens is 274 g/mol. The minimum absolute atomic E-state index is 0.279. The maximum atomic E-state index is 9.79. The second-order valence-corrected chi connectivity index (χ2v) is 6.58. The van der Waals surface area contributed by atoms with Gasteiger partial charge >= 0.3 is 0 Å². The number of unbranched alkanes of at least 4 members (excludes halogenated alkanes) is 12. The van der Waals surface area contributed by atoms with Crippen molar-refractivity contribution < 1.29 is 10.2 Å². The molecule has 0 saturated heterocycles. The summed E-state index contributed by atoms with van der Waals surface area (Å²) in [7, 11) is 0. The van der Waals surface area contributed by atoms with Crippen molar-refractivity contribution in [2.45, 2.75) is 109 Å². The Balaban J connectivity index is 3.09. The van der Waals surface area contributed by atoms with Crippen LogP contribution in [-0.4, -0.2) is 29.6 Å². The van der Waals surface area contributed by atoms with Gasteiger partial charge < -0.3 is 10.2 Å². The second kappa shape index (κ2) is 18.9. The SMILES string of the molecule is CCCCCCCCCCCCCC(O)NCCCCCO. The van der Waals surface area contributed by atoms with E-state index < -0.39 is 0 Å². The Bertz CT molecular complexity index is 200. The topological polar surface area (TPSA) is 52.5 Å². The molecular formula is C19H41NO2. The van der Waals surface area contributed by atoms with E-state index in [1.165, 1.54) is 64.2 Å². The van der Waals surface area contributed by atoms with Crippen LogP contribution in [-0.2, 0) is 0 Å². The van der Waals surface area contributed by atoms with E-state index in [0.717, 1.165) is 38.6 Å². The molecule has 0 spiro atoms. The van der Waals surface area contributed by atoms with Gasteiger partial charge in [-0.15, -0.1) is 0 Å². The molecule has 0 aliphatic carbocycles. The van der Waals surface area contributed by atoms with Crippen LogP contribution in [0.4, 0.5) is 0 Å². The zero-order valence-electron chi connectivity index (χ0n) is 15.0. The lowest BCUT2D eigenvalue weighted by atomic mass is 10.1. The van der Waals surface area contributed by atoms with Crippen molar-refractivity contribution in [3.8, 4) is 0 Å². The fourth-order valence-electron chi connectivity index (χ4n) is 2.79. The summed E-state index contributed by atoms with van der Waals surface area (Å²) in [6, 6.07) is 0. The maximum absolute atomic E-state index is 9.79. The molecule has 0 bridgehead atoms. The van der Waals surface area contributed by atoms with Gasteiger partial charge in [-0.25, -0.2) is 0 Å². The van der Waals surface area contributed by atoms with Crippen molar-refractivity contribution in [1.82, 2.24) is 5.32 Å². The van der Waals surface area contributed by atoms with E-state index >= 15 is 0 Å². The third-order valence-electron chi connectivity index (χ3n) is 4.30. The van der Waals surface area contributed by atoms with Crippen LogP contribution in [0.15, 0.2) is 0 Å². The van der Waals surface area contributed by atoms with Gasteiger partial charge in [-0.1, -0.05) is 71.1 Å². The molecule has 0 aromatic heterocycles. The molecule has 0 radical (unpaired) electrons. The van der Waals surface area contributed by atoms with Gasteiger partial charge in [-0.3, -0.25) is 5.32 Å². The lowest BCUT2D eigenvalue weighted by molar-refractivity contribution is 0.124. The molecule has 0 amide bonds. The van der Waals surface area contributed by atoms with E-state index in [2.05, 4.69) is 12.2 Å². The molecule has 3 N–H and O–H groups in total. The number of nitrogens with one attached hydrogen (secondary N) is 1. The first-order valence-corrected chi connectivity index (χ1v) is 9.83. The minimum Gasteiger partial charge on any atom is -0.396 e. The third-order valence-corrected chi connectivity index (χ3v) is 4.30. The van der Waals surface area contributed by atoms with Crippen molar-refractivity contribution in [2.75, 3.05) is 13.2 Å². The number of aliphatic hydroxyl groups excluding tert-OH is 2. The van der Waals surface area contributed by atoms with Gasteiger partial charge in [-0.05, 0) is 38.6 Å². The first kappa shape index (κ1) is 21.9. The summed E-state index contributed by atoms with van der Waals surface area (Å²) in [6.45, 7) is 3.41. The fourth-order valence-corrected chi connectivity index (χ4v) is 2.79. The molecule has 0 aromatic carbocycles. The molecule has 0 aliphatic rings. The van der Waals surface area contributed by atoms with Crippen LogP contribution in [0, 0.1) is 0 Å². The van der Waals surface area contributed by atoms with E-state index in [-0.39, 0.29) is 12.8 Å². The first-order chi connectivity index (χ1) is 10.8. The van der Waals surface area contributed by atoms with E-state index in [9.17, 15) is 5.11 Å². The van der Waals surface area contributed by atoms with Gasteiger partial charge in [0.05, 0.1) is 0 Å². The standard InChI is InChI=1S/C19H41NO2/c1-2-3-4-5-6-7-8-9-10-11-13-16-19(22)20-17-14-12-15-18-21/h19-22H,2-18H2,1H3. The summed E-state index contributed by atoms with van der Waals surface area (Å²) >= 11 is 0. The summed E-state index contributed by atoms with van der Waals surface area (Å²) in [5.74, 6) is 0. The van der Waals surface area contributed by atoms with Gasteiger partial charge in [0, 0.05) is 6.61 Å². The summed E-state index contributed by atoms with van der Waals surface area (Å²) in [5, 5.41) is 21.6. The highest BCUT2D eigenvalue weighted by Gasteiger charge is 2.02. The Kier molecular flexibility index (Phi) is 18.8. The Morgan fingerprint density at radius 1 is 0.682 bits per heavy atom. The largest absolute Gasteiger partial charge is 0.396 e. The Morgan fingerprint density at radius 3 is 1.73 bits per heavy atom. The normalized spacial score (nSPS) is 12.7. The van der Waals surface area contributed by atoms with E-state index in [1.54, 1.807) is 0 Å². The quantitative estimate of drug-likeness (QED) is 0.252. The van der Waals surface area contributed by atoms with Crippen LogP contribution in [0.3, 0.4) is 0 Å². The fraction of sp³-hybridized carbons (Fsp3) is 1.00. The number of hydrogen-bond donors (Lipinski definition) is 3. The number of aliphatic hydroxyl groups is 2. The highest BCUT2D eigenvalue weighted by atomic mass is 16.3. The predicted octanol–water partition coefficient (Wildman–Crippen LogP) is 4.76. The monoisotopic (exact) mass is 315 g/mol. The van der Waals surface area contributed by atoms with Gasteiger partial charge in [-0.2, -0.15) is 0 Å². The van der Waals surface area contributed by atoms with Crippen LogP contribution in [0.1, 0.15) is 103 Å². The van der Waals surface area contributed by atoms with Crippen molar-refractivity contribution in [3.63, 3.8) is 0 Å². The first-order valence-electron chi connectivity index (χ1n) is 9.83. The number of rotatable bonds is 18. The smallest absolute Gasteiger partial charge is 0.104 e. The van der Waals surface area contributed by atoms with E-state index in [4.69, 9.17) is 5.11 Å². The molecule has 1 unspecified atom stereocenters. The maximum Gasteiger partial charge on any atom is 0.104 e. The molecule has 3 nitrogen and oxygen atoms in total. The van der Waals surface area contributed by atoms with Gasteiger partial charge in [0.1, 0.15) is 6.23 Å². The van der Waals surface area contributed by atoms with Crippen LogP contribution in [0.5, 0.6) is 0 Å². The molecule has 22 heavy (non-hydrogen) atoms. The molecule has 0 fully saturated rings. The lowest BCUT2D eigenvalue weighted by Crippen LogP contribution is -2.29. The predicted molar refractivity (Wildman–Crippen MR) is 96.0 cm³/mol. The highest BCUT2D eigenvalue weighted by Crippen LogP contribution is 2.12. The van der Waals surface area contributed by atoms with Crippen molar-refractivity contribution in [3.05, 3.63) is 0 Å². The van der Waals surface area contributed by atoms with E-state index in [1.807, 2.05) is 0 Å². The lowest BCUT2D eigenvalue weighted by Gasteiger charge is -2.12. The summed E-state index contributed by atoms with van der Waals surface area (Å²) in [5.41, 5.74) is 0. The molecule has 0 saturated carbocycles. The molecule has 134 valence electrons. The van der Waals surface area contributed by atoms with Gasteiger partial charge in [0.25, 0.3) is 0 Å². The Labute approximate surface area is 138 Å². The molecule has 0 rings (SSSR count). The molecule has 0 aromatic rings.